The first-order chi connectivity index (χ1) is 17.5. The maximum Gasteiger partial charge on any atom is 0.309 e. The predicted molar refractivity (Wildman–Crippen MR) is 138 cm³/mol. The van der Waals surface area contributed by atoms with Gasteiger partial charge in [-0.1, -0.05) is 59.3 Å². The minimum Gasteiger partial charge on any atom is -0.465 e. The number of Topliss-reactive ketones (excluding diaryl/α,β-unsaturated/α-hetero) is 1. The van der Waals surface area contributed by atoms with Crippen LogP contribution < -0.4 is 0 Å². The largest absolute Gasteiger partial charge is 0.465 e. The minimum atomic E-state index is -1.47. The highest BCUT2D eigenvalue weighted by atomic mass is 16.6. The molecule has 0 spiro atoms. The number of rotatable bonds is 6. The Morgan fingerprint density at radius 3 is 2.21 bits per heavy atom. The van der Waals surface area contributed by atoms with Gasteiger partial charge in [-0.3, -0.25) is 19.2 Å². The molecule has 4 rings (SSSR count). The summed E-state index contributed by atoms with van der Waals surface area (Å²) < 4.78 is 18.0. The average molecular weight is 531 g/mol. The summed E-state index contributed by atoms with van der Waals surface area (Å²) in [5, 5.41) is 12.8. The quantitative estimate of drug-likeness (QED) is 0.313. The van der Waals surface area contributed by atoms with Crippen LogP contribution in [0.5, 0.6) is 0 Å². The topological polar surface area (TPSA) is 116 Å². The molecule has 210 valence electrons. The van der Waals surface area contributed by atoms with Crippen LogP contribution in [0.15, 0.2) is 23.3 Å². The van der Waals surface area contributed by atoms with E-state index in [0.29, 0.717) is 12.0 Å². The number of carbonyl (C=O) groups excluding carboxylic acids is 4. The number of allylic oxidation sites excluding steroid dienone is 2. The molecule has 0 aromatic rings. The Morgan fingerprint density at radius 2 is 1.66 bits per heavy atom. The van der Waals surface area contributed by atoms with Crippen LogP contribution in [-0.4, -0.2) is 52.7 Å². The third kappa shape index (κ3) is 3.89. The molecule has 0 amide bonds. The van der Waals surface area contributed by atoms with E-state index in [1.54, 1.807) is 34.6 Å². The van der Waals surface area contributed by atoms with Crippen molar-refractivity contribution in [2.75, 3.05) is 6.61 Å². The molecule has 0 aromatic carbocycles. The van der Waals surface area contributed by atoms with E-state index < -0.39 is 82.1 Å². The lowest BCUT2D eigenvalue weighted by atomic mass is 9.59. The molecule has 8 heteroatoms. The highest BCUT2D eigenvalue weighted by Gasteiger charge is 2.89. The van der Waals surface area contributed by atoms with Gasteiger partial charge in [0.25, 0.3) is 0 Å². The van der Waals surface area contributed by atoms with Crippen LogP contribution in [0, 0.1) is 46.8 Å². The molecule has 2 saturated carbocycles. The molecule has 2 fully saturated rings. The summed E-state index contributed by atoms with van der Waals surface area (Å²) in [6, 6.07) is 0. The fourth-order valence-electron chi connectivity index (χ4n) is 7.56. The Labute approximate surface area is 225 Å². The molecule has 0 aliphatic heterocycles. The molecule has 0 aromatic heterocycles. The lowest BCUT2D eigenvalue weighted by molar-refractivity contribution is -0.223. The first kappa shape index (κ1) is 28.5. The van der Waals surface area contributed by atoms with Gasteiger partial charge in [-0.05, 0) is 25.8 Å². The molecule has 4 aliphatic rings. The zero-order valence-corrected chi connectivity index (χ0v) is 24.0. The van der Waals surface area contributed by atoms with Crippen LogP contribution in [0.2, 0.25) is 0 Å². The molecule has 0 saturated heterocycles. The molecule has 9 atom stereocenters. The van der Waals surface area contributed by atoms with Gasteiger partial charge in [-0.15, -0.1) is 0 Å². The van der Waals surface area contributed by atoms with Crippen LogP contribution in [0.25, 0.3) is 0 Å². The van der Waals surface area contributed by atoms with Crippen molar-refractivity contribution in [3.05, 3.63) is 23.3 Å². The van der Waals surface area contributed by atoms with Crippen molar-refractivity contribution in [3.63, 3.8) is 0 Å². The Hall–Kier alpha value is -2.48. The van der Waals surface area contributed by atoms with Gasteiger partial charge in [-0.25, -0.2) is 0 Å². The normalized spacial score (nSPS) is 41.3. The second-order valence-electron chi connectivity index (χ2n) is 12.8. The Balaban J connectivity index is 1.95. The summed E-state index contributed by atoms with van der Waals surface area (Å²) in [4.78, 5) is 51.3. The molecule has 4 aliphatic carbocycles. The predicted octanol–water partition coefficient (Wildman–Crippen LogP) is 3.80. The Bertz CT molecular complexity index is 1120. The van der Waals surface area contributed by atoms with Crippen molar-refractivity contribution in [2.24, 2.45) is 46.8 Å². The molecular formula is C30H42O8. The van der Waals surface area contributed by atoms with E-state index in [0.717, 1.165) is 5.57 Å². The van der Waals surface area contributed by atoms with Crippen LogP contribution in [-0.2, 0) is 33.4 Å². The number of fused-ring (bicyclic) bond motifs is 5. The third-order valence-electron chi connectivity index (χ3n) is 9.62. The molecule has 0 heterocycles. The summed E-state index contributed by atoms with van der Waals surface area (Å²) in [6.45, 7) is 15.6. The first-order valence-electron chi connectivity index (χ1n) is 13.7. The first-order valence-corrected chi connectivity index (χ1v) is 13.7. The number of ether oxygens (including phenoxy) is 3. The summed E-state index contributed by atoms with van der Waals surface area (Å²) in [7, 11) is 0. The van der Waals surface area contributed by atoms with Crippen molar-refractivity contribution >= 4 is 23.7 Å². The van der Waals surface area contributed by atoms with Crippen molar-refractivity contribution in [2.45, 2.75) is 86.0 Å². The molecule has 38 heavy (non-hydrogen) atoms. The molecule has 0 bridgehead atoms. The monoisotopic (exact) mass is 530 g/mol. The number of hydrogen-bond acceptors (Lipinski definition) is 8. The van der Waals surface area contributed by atoms with E-state index in [1.807, 2.05) is 32.9 Å². The van der Waals surface area contributed by atoms with Crippen molar-refractivity contribution in [1.29, 1.82) is 0 Å². The smallest absolute Gasteiger partial charge is 0.309 e. The number of carbonyl (C=O) groups is 4. The summed E-state index contributed by atoms with van der Waals surface area (Å²) in [5.41, 5.74) is -2.14. The van der Waals surface area contributed by atoms with Crippen molar-refractivity contribution in [3.8, 4) is 0 Å². The van der Waals surface area contributed by atoms with Crippen LogP contribution in [0.3, 0.4) is 0 Å². The van der Waals surface area contributed by atoms with Crippen molar-refractivity contribution in [1.82, 2.24) is 0 Å². The maximum atomic E-state index is 13.2. The molecule has 9 unspecified atom stereocenters. The highest BCUT2D eigenvalue weighted by Crippen LogP contribution is 2.77. The Morgan fingerprint density at radius 1 is 1.05 bits per heavy atom. The van der Waals surface area contributed by atoms with E-state index in [2.05, 4.69) is 0 Å². The van der Waals surface area contributed by atoms with Gasteiger partial charge in [0.15, 0.2) is 11.4 Å². The van der Waals surface area contributed by atoms with E-state index in [1.165, 1.54) is 6.92 Å². The van der Waals surface area contributed by atoms with E-state index in [4.69, 9.17) is 14.2 Å². The van der Waals surface area contributed by atoms with Gasteiger partial charge < -0.3 is 19.3 Å². The summed E-state index contributed by atoms with van der Waals surface area (Å²) >= 11 is 0. The summed E-state index contributed by atoms with van der Waals surface area (Å²) in [6.07, 6.45) is 3.37. The highest BCUT2D eigenvalue weighted by molar-refractivity contribution is 6.00. The lowest BCUT2D eigenvalue weighted by Crippen LogP contribution is -2.64. The van der Waals surface area contributed by atoms with Crippen molar-refractivity contribution < 1.29 is 38.5 Å². The average Bonchev–Trinajstić information content (AvgIpc) is 3.27. The van der Waals surface area contributed by atoms with Gasteiger partial charge in [0.2, 0.25) is 0 Å². The number of hydrogen-bond donors (Lipinski definition) is 1. The molecular weight excluding hydrogens is 488 g/mol. The zero-order valence-electron chi connectivity index (χ0n) is 24.0. The second kappa shape index (κ2) is 9.32. The van der Waals surface area contributed by atoms with Gasteiger partial charge in [0.1, 0.15) is 12.7 Å². The lowest BCUT2D eigenvalue weighted by Gasteiger charge is -2.52. The molecule has 0 radical (unpaired) electrons. The van der Waals surface area contributed by atoms with Gasteiger partial charge in [0.05, 0.1) is 22.9 Å². The van der Waals surface area contributed by atoms with Crippen LogP contribution >= 0.6 is 0 Å². The third-order valence-corrected chi connectivity index (χ3v) is 9.62. The van der Waals surface area contributed by atoms with Gasteiger partial charge >= 0.3 is 17.9 Å². The van der Waals surface area contributed by atoms with E-state index in [9.17, 15) is 24.3 Å². The standard InChI is InChI=1S/C30H42O8/c1-14(2)26(33)37-25-18(7)29(35)21-12-17(6)23(32)20(21)10-16(5)11-22(29)24-28(9,13-36-19(8)31)30(24,25)38-27(34)15(3)4/h11-12,14-15,18,20-22,24-25,35H,10,13H2,1-9H3. The number of esters is 3. The van der Waals surface area contributed by atoms with Crippen LogP contribution in [0.4, 0.5) is 0 Å². The second-order valence-corrected chi connectivity index (χ2v) is 12.8. The van der Waals surface area contributed by atoms with E-state index >= 15 is 0 Å². The van der Waals surface area contributed by atoms with E-state index in [-0.39, 0.29) is 12.4 Å². The minimum absolute atomic E-state index is 0.0151. The zero-order chi connectivity index (χ0) is 28.5. The molecule has 1 N–H and O–H groups in total. The summed E-state index contributed by atoms with van der Waals surface area (Å²) in [5.74, 6) is -4.96. The van der Waals surface area contributed by atoms with Crippen LogP contribution in [0.1, 0.15) is 68.7 Å². The maximum absolute atomic E-state index is 13.2. The fraction of sp³-hybridized carbons (Fsp3) is 0.733. The number of aliphatic hydroxyl groups is 1. The molecule has 8 nitrogen and oxygen atoms in total. The number of ketones is 1. The SMILES string of the molecule is CC(=O)OCC1(C)C2C3C=C(C)CC4C(=O)C(C)=CC4C3(O)C(C)C(OC(=O)C(C)C)C21OC(=O)C(C)C. The van der Waals surface area contributed by atoms with Gasteiger partial charge in [-0.2, -0.15) is 0 Å². The fourth-order valence-corrected chi connectivity index (χ4v) is 7.56. The van der Waals surface area contributed by atoms with Gasteiger partial charge in [0, 0.05) is 36.5 Å². The Kier molecular flexibility index (Phi) is 6.99.